The third-order valence-corrected chi connectivity index (χ3v) is 7.67. The van der Waals surface area contributed by atoms with Crippen molar-refractivity contribution in [3.05, 3.63) is 109 Å². The minimum Gasteiger partial charge on any atom is -0.374 e. The lowest BCUT2D eigenvalue weighted by Crippen LogP contribution is -2.56. The zero-order chi connectivity index (χ0) is 32.5. The first-order valence-electron chi connectivity index (χ1n) is 15.2. The van der Waals surface area contributed by atoms with Crippen molar-refractivity contribution in [2.75, 3.05) is 43.0 Å². The largest absolute Gasteiger partial charge is 0.374 e. The summed E-state index contributed by atoms with van der Waals surface area (Å²) in [7, 11) is 0. The van der Waals surface area contributed by atoms with Gasteiger partial charge in [0.2, 0.25) is 11.8 Å². The van der Waals surface area contributed by atoms with Crippen LogP contribution in [0.25, 0.3) is 0 Å². The molecular formula is C34H40N8O4. The molecule has 3 heterocycles. The summed E-state index contributed by atoms with van der Waals surface area (Å²) in [4.78, 5) is 53.0. The lowest BCUT2D eigenvalue weighted by atomic mass is 10.0. The monoisotopic (exact) mass is 624 g/mol. The number of piperazine rings is 1. The van der Waals surface area contributed by atoms with E-state index in [0.29, 0.717) is 26.2 Å². The number of rotatable bonds is 12. The van der Waals surface area contributed by atoms with Crippen LogP contribution in [0.2, 0.25) is 0 Å². The van der Waals surface area contributed by atoms with E-state index in [0.717, 1.165) is 16.9 Å². The maximum atomic E-state index is 14.0. The molecule has 12 heteroatoms. The second-order valence-corrected chi connectivity index (χ2v) is 11.8. The Balaban J connectivity index is 1.29. The highest BCUT2D eigenvalue weighted by Gasteiger charge is 2.32. The highest BCUT2D eigenvalue weighted by atomic mass is 16.5. The van der Waals surface area contributed by atoms with Crippen molar-refractivity contribution in [3.63, 3.8) is 0 Å². The van der Waals surface area contributed by atoms with Crippen LogP contribution in [0.4, 0.5) is 11.6 Å². The van der Waals surface area contributed by atoms with Gasteiger partial charge in [-0.05, 0) is 37.1 Å². The molecule has 1 saturated heterocycles. The number of carbonyl (C=O) groups is 3. The second kappa shape index (κ2) is 14.8. The predicted octanol–water partition coefficient (Wildman–Crippen LogP) is 2.59. The molecule has 0 bridgehead atoms. The fourth-order valence-corrected chi connectivity index (χ4v) is 5.10. The summed E-state index contributed by atoms with van der Waals surface area (Å²) < 4.78 is 7.49. The number of nitrogens with zero attached hydrogens (tertiary/aromatic N) is 5. The van der Waals surface area contributed by atoms with Crippen molar-refractivity contribution in [1.82, 2.24) is 24.8 Å². The van der Waals surface area contributed by atoms with Gasteiger partial charge in [-0.15, -0.1) is 0 Å². The first-order valence-corrected chi connectivity index (χ1v) is 15.2. The molecular weight excluding hydrogens is 584 g/mol. The molecule has 4 N–H and O–H groups in total. The lowest BCUT2D eigenvalue weighted by molar-refractivity contribution is -0.133. The van der Waals surface area contributed by atoms with Crippen molar-refractivity contribution in [2.45, 2.75) is 38.1 Å². The molecule has 12 nitrogen and oxygen atoms in total. The van der Waals surface area contributed by atoms with Gasteiger partial charge in [0.1, 0.15) is 17.9 Å². The first kappa shape index (κ1) is 32.3. The zero-order valence-corrected chi connectivity index (χ0v) is 26.1. The second-order valence-electron chi connectivity index (χ2n) is 11.8. The fraction of sp³-hybridized carbons (Fsp3) is 0.324. The quantitative estimate of drug-likeness (QED) is 0.218. The summed E-state index contributed by atoms with van der Waals surface area (Å²) >= 11 is 0. The standard InChI is InChI=1S/C34H40N8O4/c1-34(2,35)33(45)38-27(23-46-22-25-11-5-3-6-12-25)31(43)39-28-21-42(24-37-28)30(26-13-7-4-8-14-26)32(44)41-19-17-40(18-20-41)29-15-9-10-16-36-29/h3-16,21,24,27,30H,17-20,22-23,35H2,1-2H3,(H,38,45)(H,39,43)/t27-,30?/m1/s1. The summed E-state index contributed by atoms with van der Waals surface area (Å²) in [6.07, 6.45) is 4.91. The Bertz CT molecular complexity index is 1580. The Kier molecular flexibility index (Phi) is 10.4. The Morgan fingerprint density at radius 2 is 1.59 bits per heavy atom. The van der Waals surface area contributed by atoms with E-state index < -0.39 is 29.4 Å². The van der Waals surface area contributed by atoms with Gasteiger partial charge in [0, 0.05) is 38.6 Å². The molecule has 46 heavy (non-hydrogen) atoms. The molecule has 2 aromatic heterocycles. The number of benzene rings is 2. The van der Waals surface area contributed by atoms with E-state index in [9.17, 15) is 14.4 Å². The van der Waals surface area contributed by atoms with Crippen molar-refractivity contribution in [1.29, 1.82) is 0 Å². The molecule has 0 spiro atoms. The van der Waals surface area contributed by atoms with Crippen LogP contribution in [-0.2, 0) is 25.7 Å². The third-order valence-electron chi connectivity index (χ3n) is 7.67. The average Bonchev–Trinajstić information content (AvgIpc) is 3.52. The Labute approximate surface area is 268 Å². The van der Waals surface area contributed by atoms with Gasteiger partial charge in [-0.25, -0.2) is 9.97 Å². The highest BCUT2D eigenvalue weighted by molar-refractivity contribution is 5.98. The molecule has 0 saturated carbocycles. The Morgan fingerprint density at radius 3 is 2.24 bits per heavy atom. The number of hydrogen-bond donors (Lipinski definition) is 3. The van der Waals surface area contributed by atoms with Crippen LogP contribution in [0.15, 0.2) is 97.6 Å². The van der Waals surface area contributed by atoms with E-state index in [1.165, 1.54) is 6.33 Å². The van der Waals surface area contributed by atoms with Crippen LogP contribution in [0.5, 0.6) is 0 Å². The predicted molar refractivity (Wildman–Crippen MR) is 175 cm³/mol. The van der Waals surface area contributed by atoms with Gasteiger partial charge in [0.05, 0.1) is 25.1 Å². The summed E-state index contributed by atoms with van der Waals surface area (Å²) in [6, 6.07) is 23.1. The van der Waals surface area contributed by atoms with Crippen LogP contribution < -0.4 is 21.3 Å². The molecule has 2 aromatic carbocycles. The highest BCUT2D eigenvalue weighted by Crippen LogP contribution is 2.24. The average molecular weight is 625 g/mol. The molecule has 3 amide bonds. The molecule has 1 aliphatic rings. The number of nitrogens with one attached hydrogen (secondary N) is 2. The number of nitrogens with two attached hydrogens (primary N) is 1. The number of imidazole rings is 1. The maximum absolute atomic E-state index is 14.0. The number of anilines is 2. The number of hydrogen-bond acceptors (Lipinski definition) is 8. The van der Waals surface area contributed by atoms with Crippen molar-refractivity contribution < 1.29 is 19.1 Å². The first-order chi connectivity index (χ1) is 22.2. The molecule has 0 radical (unpaired) electrons. The molecule has 1 unspecified atom stereocenters. The summed E-state index contributed by atoms with van der Waals surface area (Å²) in [5.41, 5.74) is 6.50. The van der Waals surface area contributed by atoms with Gasteiger partial charge in [-0.2, -0.15) is 0 Å². The van der Waals surface area contributed by atoms with Gasteiger partial charge in [-0.3, -0.25) is 14.4 Å². The van der Waals surface area contributed by atoms with Gasteiger partial charge in [0.25, 0.3) is 5.91 Å². The van der Waals surface area contributed by atoms with E-state index in [-0.39, 0.29) is 24.9 Å². The third kappa shape index (κ3) is 8.34. The molecule has 4 aromatic rings. The Morgan fingerprint density at radius 1 is 0.913 bits per heavy atom. The topological polar surface area (TPSA) is 148 Å². The van der Waals surface area contributed by atoms with Crippen LogP contribution in [0.1, 0.15) is 31.0 Å². The van der Waals surface area contributed by atoms with E-state index >= 15 is 0 Å². The van der Waals surface area contributed by atoms with Crippen molar-refractivity contribution in [2.24, 2.45) is 5.73 Å². The van der Waals surface area contributed by atoms with Gasteiger partial charge in [0.15, 0.2) is 5.82 Å². The number of pyridine rings is 1. The van der Waals surface area contributed by atoms with E-state index in [4.69, 9.17) is 10.5 Å². The van der Waals surface area contributed by atoms with Crippen molar-refractivity contribution >= 4 is 29.4 Å². The number of aromatic nitrogens is 3. The maximum Gasteiger partial charge on any atom is 0.250 e. The SMILES string of the molecule is CC(C)(N)C(=O)N[C@H](COCc1ccccc1)C(=O)Nc1cn(C(C(=O)N2CCN(c3ccccn3)CC2)c2ccccc2)cn1. The molecule has 5 rings (SSSR count). The summed E-state index contributed by atoms with van der Waals surface area (Å²) in [5.74, 6) is 0.0162. The number of amides is 3. The van der Waals surface area contributed by atoms with Gasteiger partial charge in [-0.1, -0.05) is 66.7 Å². The van der Waals surface area contributed by atoms with Crippen LogP contribution in [0, 0.1) is 0 Å². The summed E-state index contributed by atoms with van der Waals surface area (Å²) in [5, 5.41) is 5.46. The van der Waals surface area contributed by atoms with Gasteiger partial charge < -0.3 is 35.5 Å². The van der Waals surface area contributed by atoms with Crippen LogP contribution in [-0.4, -0.2) is 81.5 Å². The van der Waals surface area contributed by atoms with E-state index in [2.05, 4.69) is 25.5 Å². The molecule has 1 aliphatic heterocycles. The van der Waals surface area contributed by atoms with Crippen LogP contribution >= 0.6 is 0 Å². The normalized spacial score (nSPS) is 14.8. The zero-order valence-electron chi connectivity index (χ0n) is 26.1. The number of carbonyl (C=O) groups excluding carboxylic acids is 3. The minimum atomic E-state index is -1.20. The molecule has 2 atom stereocenters. The minimum absolute atomic E-state index is 0.0771. The fourth-order valence-electron chi connectivity index (χ4n) is 5.10. The number of ether oxygens (including phenoxy) is 1. The molecule has 1 fully saturated rings. The smallest absolute Gasteiger partial charge is 0.250 e. The lowest BCUT2D eigenvalue weighted by Gasteiger charge is -2.37. The van der Waals surface area contributed by atoms with Gasteiger partial charge >= 0.3 is 0 Å². The molecule has 240 valence electrons. The van der Waals surface area contributed by atoms with Crippen molar-refractivity contribution in [3.8, 4) is 0 Å². The van der Waals surface area contributed by atoms with E-state index in [1.807, 2.05) is 83.8 Å². The molecule has 0 aliphatic carbocycles. The Hall–Kier alpha value is -5.07. The summed E-state index contributed by atoms with van der Waals surface area (Å²) in [6.45, 7) is 5.70. The van der Waals surface area contributed by atoms with E-state index in [1.54, 1.807) is 30.8 Å². The van der Waals surface area contributed by atoms with Crippen LogP contribution in [0.3, 0.4) is 0 Å².